The number of aryl methyl sites for hydroxylation is 1. The van der Waals surface area contributed by atoms with Gasteiger partial charge in [0.25, 0.3) is 0 Å². The zero-order chi connectivity index (χ0) is 20.1. The van der Waals surface area contributed by atoms with Crippen LogP contribution in [0.2, 0.25) is 0 Å². The lowest BCUT2D eigenvalue weighted by molar-refractivity contribution is -0.113. The van der Waals surface area contributed by atoms with E-state index in [0.717, 1.165) is 41.7 Å². The van der Waals surface area contributed by atoms with Crippen LogP contribution < -0.4 is 0 Å². The first-order valence-electron chi connectivity index (χ1n) is 10.1. The number of esters is 1. The molecule has 0 atom stereocenters. The van der Waals surface area contributed by atoms with Crippen LogP contribution in [0.25, 0.3) is 6.08 Å². The minimum Gasteiger partial charge on any atom is -0.462 e. The van der Waals surface area contributed by atoms with Crippen molar-refractivity contribution in [2.24, 2.45) is 0 Å². The van der Waals surface area contributed by atoms with Crippen LogP contribution in [0, 0.1) is 0 Å². The molecule has 28 heavy (non-hydrogen) atoms. The lowest BCUT2D eigenvalue weighted by atomic mass is 9.94. The highest BCUT2D eigenvalue weighted by Gasteiger charge is 2.26. The van der Waals surface area contributed by atoms with E-state index in [1.165, 1.54) is 10.4 Å². The molecule has 3 rings (SSSR count). The molecule has 0 aliphatic heterocycles. The number of hydrogen-bond donors (Lipinski definition) is 0. The lowest BCUT2D eigenvalue weighted by Gasteiger charge is -2.12. The van der Waals surface area contributed by atoms with E-state index in [9.17, 15) is 9.59 Å². The second-order valence-corrected chi connectivity index (χ2v) is 8.72. The average Bonchev–Trinajstić information content (AvgIpc) is 3.04. The zero-order valence-corrected chi connectivity index (χ0v) is 17.7. The fourth-order valence-corrected chi connectivity index (χ4v) is 4.98. The highest BCUT2D eigenvalue weighted by Crippen LogP contribution is 2.35. The summed E-state index contributed by atoms with van der Waals surface area (Å²) >= 11 is 1.62. The second kappa shape index (κ2) is 9.33. The van der Waals surface area contributed by atoms with Gasteiger partial charge in [-0.2, -0.15) is 0 Å². The molecule has 0 saturated heterocycles. The summed E-state index contributed by atoms with van der Waals surface area (Å²) in [6, 6.07) is 8.27. The van der Waals surface area contributed by atoms with Crippen molar-refractivity contribution in [1.82, 2.24) is 0 Å². The molecule has 0 N–H and O–H groups in total. The number of ketones is 1. The van der Waals surface area contributed by atoms with Crippen LogP contribution in [0.5, 0.6) is 0 Å². The molecule has 2 aromatic rings. The summed E-state index contributed by atoms with van der Waals surface area (Å²) < 4.78 is 5.27. The molecule has 1 aromatic heterocycles. The van der Waals surface area contributed by atoms with E-state index >= 15 is 0 Å². The topological polar surface area (TPSA) is 43.4 Å². The van der Waals surface area contributed by atoms with Gasteiger partial charge in [-0.3, -0.25) is 4.79 Å². The molecule has 0 unspecified atom stereocenters. The molecule has 4 heteroatoms. The Morgan fingerprint density at radius 1 is 1.14 bits per heavy atom. The first kappa shape index (κ1) is 20.5. The number of allylic oxidation sites excluding steroid dienone is 1. The van der Waals surface area contributed by atoms with Crippen LogP contribution in [0.1, 0.15) is 76.3 Å². The first-order valence-corrected chi connectivity index (χ1v) is 10.9. The molecular weight excluding hydrogens is 368 g/mol. The Kier molecular flexibility index (Phi) is 6.84. The third-order valence-corrected chi connectivity index (χ3v) is 6.42. The van der Waals surface area contributed by atoms with E-state index in [-0.39, 0.29) is 18.2 Å². The van der Waals surface area contributed by atoms with Gasteiger partial charge < -0.3 is 4.74 Å². The maximum absolute atomic E-state index is 12.6. The van der Waals surface area contributed by atoms with Crippen LogP contribution in [0.4, 0.5) is 0 Å². The average molecular weight is 397 g/mol. The van der Waals surface area contributed by atoms with Gasteiger partial charge >= 0.3 is 5.97 Å². The van der Waals surface area contributed by atoms with Crippen molar-refractivity contribution in [3.05, 3.63) is 62.3 Å². The second-order valence-electron chi connectivity index (χ2n) is 7.53. The van der Waals surface area contributed by atoms with Gasteiger partial charge in [-0.05, 0) is 61.3 Å². The van der Waals surface area contributed by atoms with Gasteiger partial charge in [0.2, 0.25) is 0 Å². The van der Waals surface area contributed by atoms with E-state index < -0.39 is 0 Å². The van der Waals surface area contributed by atoms with Crippen molar-refractivity contribution in [2.45, 2.75) is 58.8 Å². The van der Waals surface area contributed by atoms with E-state index in [4.69, 9.17) is 4.74 Å². The number of carbonyl (C=O) groups is 2. The van der Waals surface area contributed by atoms with Crippen LogP contribution in [0.15, 0.2) is 30.3 Å². The third-order valence-electron chi connectivity index (χ3n) is 5.12. The summed E-state index contributed by atoms with van der Waals surface area (Å²) in [5.74, 6) is 0.223. The van der Waals surface area contributed by atoms with Gasteiger partial charge in [-0.15, -0.1) is 11.3 Å². The molecule has 3 nitrogen and oxygen atoms in total. The summed E-state index contributed by atoms with van der Waals surface area (Å²) in [6.07, 6.45) is 7.88. The van der Waals surface area contributed by atoms with E-state index in [1.54, 1.807) is 17.4 Å². The van der Waals surface area contributed by atoms with Crippen LogP contribution in [-0.4, -0.2) is 18.4 Å². The normalized spacial score (nSPS) is 13.7. The largest absolute Gasteiger partial charge is 0.462 e. The molecule has 1 heterocycles. The van der Waals surface area contributed by atoms with Crippen LogP contribution in [0.3, 0.4) is 0 Å². The Morgan fingerprint density at radius 2 is 1.86 bits per heavy atom. The van der Waals surface area contributed by atoms with Crippen molar-refractivity contribution < 1.29 is 14.3 Å². The minimum atomic E-state index is -0.280. The predicted octanol–water partition coefficient (Wildman–Crippen LogP) is 5.75. The molecular formula is C24H28O3S. The monoisotopic (exact) mass is 396 g/mol. The van der Waals surface area contributed by atoms with Gasteiger partial charge in [-0.25, -0.2) is 4.79 Å². The van der Waals surface area contributed by atoms with Gasteiger partial charge in [0.05, 0.1) is 12.2 Å². The van der Waals surface area contributed by atoms with Crippen molar-refractivity contribution in [3.63, 3.8) is 0 Å². The molecule has 1 aromatic carbocycles. The Morgan fingerprint density at radius 3 is 2.54 bits per heavy atom. The number of carbonyl (C=O) groups excluding carboxylic acids is 2. The molecule has 0 amide bonds. The van der Waals surface area contributed by atoms with Crippen molar-refractivity contribution >= 4 is 29.2 Å². The van der Waals surface area contributed by atoms with Gasteiger partial charge in [0.15, 0.2) is 5.78 Å². The maximum Gasteiger partial charge on any atom is 0.339 e. The summed E-state index contributed by atoms with van der Waals surface area (Å²) in [5, 5.41) is 0. The summed E-state index contributed by atoms with van der Waals surface area (Å²) in [7, 11) is 0. The number of thiophene rings is 1. The molecule has 0 fully saturated rings. The Bertz CT molecular complexity index is 872. The standard InChI is InChI=1S/C24H28O3S/c1-4-27-24(26)23-20-7-5-6-8-21(20)28-22(23)15-19(25)14-11-17-9-12-18(13-10-17)16(2)3/h9-14,16H,4-8,15H2,1-3H3/b14-11+. The molecule has 148 valence electrons. The molecule has 0 bridgehead atoms. The van der Waals surface area contributed by atoms with E-state index in [2.05, 4.69) is 26.0 Å². The highest BCUT2D eigenvalue weighted by molar-refractivity contribution is 7.12. The molecule has 0 spiro atoms. The summed E-state index contributed by atoms with van der Waals surface area (Å²) in [6.45, 7) is 6.49. The molecule has 0 radical (unpaired) electrons. The SMILES string of the molecule is CCOC(=O)c1c(CC(=O)/C=C/c2ccc(C(C)C)cc2)sc2c1CCCC2. The van der Waals surface area contributed by atoms with Gasteiger partial charge in [0, 0.05) is 16.2 Å². The number of benzene rings is 1. The van der Waals surface area contributed by atoms with E-state index in [1.807, 2.05) is 25.1 Å². The predicted molar refractivity (Wildman–Crippen MR) is 115 cm³/mol. The highest BCUT2D eigenvalue weighted by atomic mass is 32.1. The summed E-state index contributed by atoms with van der Waals surface area (Å²) in [4.78, 5) is 27.2. The van der Waals surface area contributed by atoms with Crippen molar-refractivity contribution in [3.8, 4) is 0 Å². The Hall–Kier alpha value is -2.20. The molecule has 1 aliphatic rings. The number of hydrogen-bond acceptors (Lipinski definition) is 4. The van der Waals surface area contributed by atoms with Crippen LogP contribution >= 0.6 is 11.3 Å². The van der Waals surface area contributed by atoms with Crippen molar-refractivity contribution in [2.75, 3.05) is 6.61 Å². The lowest BCUT2D eigenvalue weighted by Crippen LogP contribution is -2.12. The Balaban J connectivity index is 1.76. The zero-order valence-electron chi connectivity index (χ0n) is 16.9. The van der Waals surface area contributed by atoms with Crippen LogP contribution in [-0.2, 0) is 28.8 Å². The van der Waals surface area contributed by atoms with E-state index in [0.29, 0.717) is 18.1 Å². The fraction of sp³-hybridized carbons (Fsp3) is 0.417. The number of rotatable bonds is 7. The maximum atomic E-state index is 12.6. The third kappa shape index (κ3) is 4.79. The Labute approximate surface area is 171 Å². The van der Waals surface area contributed by atoms with Gasteiger partial charge in [-0.1, -0.05) is 44.2 Å². The van der Waals surface area contributed by atoms with Crippen molar-refractivity contribution in [1.29, 1.82) is 0 Å². The fourth-order valence-electron chi connectivity index (χ4n) is 3.59. The quantitative estimate of drug-likeness (QED) is 0.442. The molecule has 0 saturated carbocycles. The first-order chi connectivity index (χ1) is 13.5. The smallest absolute Gasteiger partial charge is 0.339 e. The number of ether oxygens (including phenoxy) is 1. The van der Waals surface area contributed by atoms with Gasteiger partial charge in [0.1, 0.15) is 0 Å². The number of fused-ring (bicyclic) bond motifs is 1. The summed E-state index contributed by atoms with van der Waals surface area (Å²) in [5.41, 5.74) is 4.07. The molecule has 1 aliphatic carbocycles. The minimum absolute atomic E-state index is 0.0112.